The number of pyridine rings is 1. The molecule has 4 aromatic rings. The molecule has 0 saturated carbocycles. The Kier molecular flexibility index (Phi) is 4.10. The topological polar surface area (TPSA) is 90.1 Å². The maximum atomic E-state index is 12.5. The fourth-order valence-corrected chi connectivity index (χ4v) is 3.71. The van der Waals surface area contributed by atoms with Gasteiger partial charge in [0.2, 0.25) is 0 Å². The molecule has 0 fully saturated rings. The minimum atomic E-state index is -0.373. The fourth-order valence-electron chi connectivity index (χ4n) is 3.00. The van der Waals surface area contributed by atoms with E-state index in [0.717, 1.165) is 35.6 Å². The number of rotatable bonds is 4. The molecular formula is C20H14N4O3S. The average molecular weight is 390 g/mol. The van der Waals surface area contributed by atoms with Crippen molar-refractivity contribution < 1.29 is 14.1 Å². The monoisotopic (exact) mass is 390 g/mol. The zero-order valence-electron chi connectivity index (χ0n) is 14.6. The zero-order chi connectivity index (χ0) is 18.9. The van der Waals surface area contributed by atoms with Gasteiger partial charge in [0.25, 0.3) is 5.91 Å². The summed E-state index contributed by atoms with van der Waals surface area (Å²) in [5.74, 6) is 1.04. The minimum absolute atomic E-state index is 0.185. The molecule has 8 heteroatoms. The molecule has 7 nitrogen and oxygen atoms in total. The predicted molar refractivity (Wildman–Crippen MR) is 104 cm³/mol. The van der Waals surface area contributed by atoms with Crippen LogP contribution in [0.2, 0.25) is 0 Å². The summed E-state index contributed by atoms with van der Waals surface area (Å²) in [7, 11) is 0. The molecule has 0 saturated heterocycles. The molecule has 0 aliphatic carbocycles. The molecule has 1 N–H and O–H groups in total. The number of thiazole rings is 1. The molecule has 138 valence electrons. The molecule has 5 rings (SSSR count). The van der Waals surface area contributed by atoms with Crippen molar-refractivity contribution in [2.45, 2.75) is 6.42 Å². The lowest BCUT2D eigenvalue weighted by molar-refractivity contribution is 0.101. The third-order valence-electron chi connectivity index (χ3n) is 4.40. The third kappa shape index (κ3) is 3.14. The van der Waals surface area contributed by atoms with E-state index in [1.165, 1.54) is 16.9 Å². The van der Waals surface area contributed by atoms with Crippen LogP contribution in [0.4, 0.5) is 5.13 Å². The van der Waals surface area contributed by atoms with Crippen molar-refractivity contribution in [1.29, 1.82) is 0 Å². The van der Waals surface area contributed by atoms with E-state index in [-0.39, 0.29) is 11.6 Å². The summed E-state index contributed by atoms with van der Waals surface area (Å²) in [5.41, 5.74) is 3.94. The maximum Gasteiger partial charge on any atom is 0.279 e. The van der Waals surface area contributed by atoms with Crippen molar-refractivity contribution in [3.05, 3.63) is 65.4 Å². The van der Waals surface area contributed by atoms with Gasteiger partial charge in [-0.25, -0.2) is 4.98 Å². The van der Waals surface area contributed by atoms with Gasteiger partial charge in [-0.1, -0.05) is 5.16 Å². The second-order valence-corrected chi connectivity index (χ2v) is 7.09. The van der Waals surface area contributed by atoms with Crippen LogP contribution < -0.4 is 10.1 Å². The van der Waals surface area contributed by atoms with Crippen LogP contribution >= 0.6 is 11.3 Å². The summed E-state index contributed by atoms with van der Waals surface area (Å²) in [6, 6.07) is 11.2. The highest BCUT2D eigenvalue weighted by atomic mass is 32.1. The number of aromatic nitrogens is 3. The highest BCUT2D eigenvalue weighted by molar-refractivity contribution is 7.14. The van der Waals surface area contributed by atoms with E-state index in [4.69, 9.17) is 9.26 Å². The highest BCUT2D eigenvalue weighted by Gasteiger charge is 2.17. The van der Waals surface area contributed by atoms with Gasteiger partial charge in [0.05, 0.1) is 12.3 Å². The maximum absolute atomic E-state index is 12.5. The van der Waals surface area contributed by atoms with Gasteiger partial charge in [-0.2, -0.15) is 0 Å². The second-order valence-electron chi connectivity index (χ2n) is 6.23. The molecule has 28 heavy (non-hydrogen) atoms. The number of amides is 1. The average Bonchev–Trinajstić information content (AvgIpc) is 3.48. The molecule has 1 amide bonds. The van der Waals surface area contributed by atoms with Crippen LogP contribution in [0.25, 0.3) is 22.6 Å². The van der Waals surface area contributed by atoms with Crippen LogP contribution in [0.5, 0.6) is 5.75 Å². The number of hydrogen-bond acceptors (Lipinski definition) is 7. The molecule has 3 aromatic heterocycles. The van der Waals surface area contributed by atoms with Crippen LogP contribution in [0.3, 0.4) is 0 Å². The summed E-state index contributed by atoms with van der Waals surface area (Å²) in [4.78, 5) is 21.0. The van der Waals surface area contributed by atoms with Gasteiger partial charge in [0.1, 0.15) is 5.75 Å². The SMILES string of the molecule is O=C(Nc1nc(-c2ccc3c(c2)CCO3)cs1)c1cc(-c2cccnc2)on1. The summed E-state index contributed by atoms with van der Waals surface area (Å²) < 4.78 is 10.8. The quantitative estimate of drug-likeness (QED) is 0.565. The number of anilines is 1. The molecule has 0 bridgehead atoms. The Hall–Kier alpha value is -3.52. The number of carbonyl (C=O) groups is 1. The van der Waals surface area contributed by atoms with Gasteiger partial charge < -0.3 is 9.26 Å². The number of carbonyl (C=O) groups excluding carboxylic acids is 1. The largest absolute Gasteiger partial charge is 0.493 e. The lowest BCUT2D eigenvalue weighted by atomic mass is 10.1. The summed E-state index contributed by atoms with van der Waals surface area (Å²) in [6.07, 6.45) is 4.22. The molecule has 4 heterocycles. The zero-order valence-corrected chi connectivity index (χ0v) is 15.4. The van der Waals surface area contributed by atoms with E-state index in [0.29, 0.717) is 10.9 Å². The van der Waals surface area contributed by atoms with Gasteiger partial charge in [0.15, 0.2) is 16.6 Å². The van der Waals surface area contributed by atoms with E-state index in [1.807, 2.05) is 23.6 Å². The summed E-state index contributed by atoms with van der Waals surface area (Å²) >= 11 is 1.36. The van der Waals surface area contributed by atoms with Crippen LogP contribution in [-0.4, -0.2) is 27.6 Å². The Bertz CT molecular complexity index is 1150. The molecule has 1 aliphatic rings. The number of nitrogens with zero attached hydrogens (tertiary/aromatic N) is 3. The van der Waals surface area contributed by atoms with Gasteiger partial charge >= 0.3 is 0 Å². The summed E-state index contributed by atoms with van der Waals surface area (Å²) in [6.45, 7) is 0.718. The molecule has 0 atom stereocenters. The second kappa shape index (κ2) is 6.90. The van der Waals surface area contributed by atoms with Gasteiger partial charge in [0, 0.05) is 41.4 Å². The number of nitrogens with one attached hydrogen (secondary N) is 1. The number of ether oxygens (including phenoxy) is 1. The van der Waals surface area contributed by atoms with Gasteiger partial charge in [-0.3, -0.25) is 15.1 Å². The van der Waals surface area contributed by atoms with Crippen LogP contribution in [0, 0.1) is 0 Å². The first-order valence-electron chi connectivity index (χ1n) is 8.66. The minimum Gasteiger partial charge on any atom is -0.493 e. The molecule has 0 unspecified atom stereocenters. The number of benzene rings is 1. The normalized spacial score (nSPS) is 12.4. The smallest absolute Gasteiger partial charge is 0.279 e. The van der Waals surface area contributed by atoms with Crippen LogP contribution in [0.1, 0.15) is 16.1 Å². The van der Waals surface area contributed by atoms with Crippen LogP contribution in [0.15, 0.2) is 58.7 Å². The van der Waals surface area contributed by atoms with Gasteiger partial charge in [-0.15, -0.1) is 11.3 Å². The van der Waals surface area contributed by atoms with E-state index in [1.54, 1.807) is 24.5 Å². The van der Waals surface area contributed by atoms with E-state index < -0.39 is 0 Å². The first kappa shape index (κ1) is 16.6. The van der Waals surface area contributed by atoms with Gasteiger partial charge in [-0.05, 0) is 35.9 Å². The molecule has 0 radical (unpaired) electrons. The van der Waals surface area contributed by atoms with Crippen molar-refractivity contribution >= 4 is 22.4 Å². The Morgan fingerprint density at radius 1 is 1.18 bits per heavy atom. The number of hydrogen-bond donors (Lipinski definition) is 1. The molecular weight excluding hydrogens is 376 g/mol. The predicted octanol–water partition coefficient (Wildman–Crippen LogP) is 4.05. The lowest BCUT2D eigenvalue weighted by Gasteiger charge is -2.01. The van der Waals surface area contributed by atoms with Crippen molar-refractivity contribution in [2.24, 2.45) is 0 Å². The van der Waals surface area contributed by atoms with E-state index >= 15 is 0 Å². The molecule has 1 aliphatic heterocycles. The molecule has 0 spiro atoms. The van der Waals surface area contributed by atoms with Crippen molar-refractivity contribution in [3.63, 3.8) is 0 Å². The summed E-state index contributed by atoms with van der Waals surface area (Å²) in [5, 5.41) is 9.03. The Morgan fingerprint density at radius 3 is 3.04 bits per heavy atom. The van der Waals surface area contributed by atoms with Crippen molar-refractivity contribution in [3.8, 4) is 28.3 Å². The van der Waals surface area contributed by atoms with E-state index in [2.05, 4.69) is 26.5 Å². The Morgan fingerprint density at radius 2 is 2.14 bits per heavy atom. The Balaban J connectivity index is 1.32. The lowest BCUT2D eigenvalue weighted by Crippen LogP contribution is -2.11. The van der Waals surface area contributed by atoms with Crippen molar-refractivity contribution in [2.75, 3.05) is 11.9 Å². The fraction of sp³-hybridized carbons (Fsp3) is 0.100. The Labute approximate surface area is 164 Å². The van der Waals surface area contributed by atoms with Crippen molar-refractivity contribution in [1.82, 2.24) is 15.1 Å². The first-order valence-corrected chi connectivity index (χ1v) is 9.54. The standard InChI is InChI=1S/C20H14N4O3S/c25-19(15-9-18(27-24-15)14-2-1-6-21-10-14)23-20-22-16(11-28-20)12-3-4-17-13(8-12)5-7-26-17/h1-4,6,8-11H,5,7H2,(H,22,23,25). The van der Waals surface area contributed by atoms with Crippen LogP contribution in [-0.2, 0) is 6.42 Å². The highest BCUT2D eigenvalue weighted by Crippen LogP contribution is 2.32. The third-order valence-corrected chi connectivity index (χ3v) is 5.16. The van der Waals surface area contributed by atoms with E-state index in [9.17, 15) is 4.79 Å². The molecule has 1 aromatic carbocycles. The number of fused-ring (bicyclic) bond motifs is 1. The first-order chi connectivity index (χ1) is 13.8.